The highest BCUT2D eigenvalue weighted by molar-refractivity contribution is 6.43. The molecule has 0 bridgehead atoms. The smallest absolute Gasteiger partial charge is 0.411 e. The average molecular weight is 730 g/mol. The van der Waals surface area contributed by atoms with E-state index in [1.54, 1.807) is 18.0 Å². The Labute approximate surface area is 309 Å². The van der Waals surface area contributed by atoms with E-state index in [9.17, 15) is 9.59 Å². The van der Waals surface area contributed by atoms with Gasteiger partial charge in [-0.1, -0.05) is 107 Å². The third-order valence-electron chi connectivity index (χ3n) is 9.72. The van der Waals surface area contributed by atoms with Crippen molar-refractivity contribution in [3.63, 3.8) is 0 Å². The molecule has 276 valence electrons. The van der Waals surface area contributed by atoms with Gasteiger partial charge >= 0.3 is 6.09 Å². The van der Waals surface area contributed by atoms with Crippen molar-refractivity contribution in [2.75, 3.05) is 57.8 Å². The minimum atomic E-state index is -0.418. The molecular weight excluding hydrogens is 671 g/mol. The van der Waals surface area contributed by atoms with Gasteiger partial charge in [0.25, 0.3) is 5.56 Å². The summed E-state index contributed by atoms with van der Waals surface area (Å²) in [6.45, 7) is 8.15. The second-order valence-corrected chi connectivity index (χ2v) is 14.4. The third kappa shape index (κ3) is 13.0. The number of ether oxygens (including phenoxy) is 2. The van der Waals surface area contributed by atoms with Gasteiger partial charge in [0, 0.05) is 51.9 Å². The maximum absolute atomic E-state index is 12.8. The molecule has 8 nitrogen and oxygen atoms in total. The molecule has 1 aliphatic heterocycles. The molecule has 1 amide bonds. The van der Waals surface area contributed by atoms with Crippen LogP contribution in [-0.4, -0.2) is 73.4 Å². The lowest BCUT2D eigenvalue weighted by Gasteiger charge is -2.36. The van der Waals surface area contributed by atoms with E-state index in [1.165, 1.54) is 74.8 Å². The van der Waals surface area contributed by atoms with Crippen LogP contribution < -0.4 is 15.2 Å². The topological polar surface area (TPSA) is 67.2 Å². The van der Waals surface area contributed by atoms with Gasteiger partial charge < -0.3 is 19.3 Å². The quantitative estimate of drug-likeness (QED) is 0.0960. The molecule has 1 saturated heterocycles. The second-order valence-electron chi connectivity index (χ2n) is 13.6. The molecule has 1 aromatic heterocycles. The molecule has 3 aromatic rings. The van der Waals surface area contributed by atoms with Crippen LogP contribution in [0.25, 0.3) is 10.9 Å². The Kier molecular flexibility index (Phi) is 17.6. The fourth-order valence-electron chi connectivity index (χ4n) is 6.58. The summed E-state index contributed by atoms with van der Waals surface area (Å²) in [5.74, 6) is 0.694. The second kappa shape index (κ2) is 22.1. The van der Waals surface area contributed by atoms with Crippen molar-refractivity contribution in [3.8, 4) is 5.75 Å². The molecule has 0 atom stereocenters. The fraction of sp³-hybridized carbons (Fsp3) is 0.600. The first kappa shape index (κ1) is 39.8. The fourth-order valence-corrected chi connectivity index (χ4v) is 6.99. The van der Waals surface area contributed by atoms with Crippen LogP contribution in [0.1, 0.15) is 96.8 Å². The Morgan fingerprint density at radius 2 is 1.46 bits per heavy atom. The highest BCUT2D eigenvalue weighted by Crippen LogP contribution is 2.33. The molecule has 50 heavy (non-hydrogen) atoms. The number of halogens is 2. The number of benzene rings is 2. The van der Waals surface area contributed by atoms with Crippen LogP contribution in [0.5, 0.6) is 5.75 Å². The van der Waals surface area contributed by atoms with Gasteiger partial charge in [0.2, 0.25) is 0 Å². The van der Waals surface area contributed by atoms with Crippen molar-refractivity contribution in [3.05, 3.63) is 68.9 Å². The van der Waals surface area contributed by atoms with Crippen LogP contribution in [0.4, 0.5) is 10.5 Å². The number of hydrogen-bond acceptors (Lipinski definition) is 6. The summed E-state index contributed by atoms with van der Waals surface area (Å²) in [4.78, 5) is 31.9. The lowest BCUT2D eigenvalue weighted by atomic mass is 10.1. The molecule has 0 N–H and O–H groups in total. The predicted molar refractivity (Wildman–Crippen MR) is 208 cm³/mol. The van der Waals surface area contributed by atoms with Gasteiger partial charge in [-0.15, -0.1) is 0 Å². The Bertz CT molecular complexity index is 1510. The molecule has 2 heterocycles. The average Bonchev–Trinajstić information content (AvgIpc) is 3.12. The van der Waals surface area contributed by atoms with Crippen molar-refractivity contribution >= 4 is 45.9 Å². The van der Waals surface area contributed by atoms with E-state index in [0.29, 0.717) is 34.5 Å². The zero-order valence-electron chi connectivity index (χ0n) is 30.4. The normalized spacial score (nSPS) is 13.6. The van der Waals surface area contributed by atoms with Gasteiger partial charge in [0.05, 0.1) is 27.9 Å². The third-order valence-corrected chi connectivity index (χ3v) is 10.5. The van der Waals surface area contributed by atoms with E-state index >= 15 is 0 Å². The summed E-state index contributed by atoms with van der Waals surface area (Å²) in [6.07, 6.45) is 16.9. The predicted octanol–water partition coefficient (Wildman–Crippen LogP) is 10.0. The van der Waals surface area contributed by atoms with E-state index < -0.39 is 6.09 Å². The summed E-state index contributed by atoms with van der Waals surface area (Å²) in [5, 5.41) is 2.10. The highest BCUT2D eigenvalue weighted by Gasteiger charge is 2.19. The maximum atomic E-state index is 12.8. The number of carbonyl (C=O) groups excluding carboxylic acids is 1. The van der Waals surface area contributed by atoms with Crippen molar-refractivity contribution in [1.29, 1.82) is 0 Å². The summed E-state index contributed by atoms with van der Waals surface area (Å²) in [7, 11) is 1.76. The molecular formula is C40H58Cl2N4O4. The lowest BCUT2D eigenvalue weighted by Crippen LogP contribution is -2.46. The van der Waals surface area contributed by atoms with Crippen molar-refractivity contribution in [2.45, 2.75) is 104 Å². The molecule has 0 spiro atoms. The van der Waals surface area contributed by atoms with E-state index in [2.05, 4.69) is 16.7 Å². The summed E-state index contributed by atoms with van der Waals surface area (Å²) in [6, 6.07) is 14.8. The Morgan fingerprint density at radius 1 is 0.800 bits per heavy atom. The lowest BCUT2D eigenvalue weighted by molar-refractivity contribution is 0.0827. The van der Waals surface area contributed by atoms with Crippen molar-refractivity contribution < 1.29 is 14.3 Å². The molecule has 4 rings (SSSR count). The Hall–Kier alpha value is -2.94. The van der Waals surface area contributed by atoms with Gasteiger partial charge in [-0.25, -0.2) is 4.79 Å². The number of piperazine rings is 1. The van der Waals surface area contributed by atoms with E-state index in [4.69, 9.17) is 32.7 Å². The van der Waals surface area contributed by atoms with Crippen molar-refractivity contribution in [1.82, 2.24) is 14.4 Å². The molecule has 0 unspecified atom stereocenters. The molecule has 10 heteroatoms. The zero-order chi connectivity index (χ0) is 35.6. The highest BCUT2D eigenvalue weighted by atomic mass is 35.5. The van der Waals surface area contributed by atoms with E-state index in [1.807, 2.05) is 36.4 Å². The first-order valence-electron chi connectivity index (χ1n) is 18.9. The number of fused-ring (bicyclic) bond motifs is 1. The number of carbonyl (C=O) groups is 1. The SMILES string of the molecule is CCCCCCCCCCCCCCN(C)C(=O)OCn1c(=O)ccc2ccc(OCCCCN3CCN(c4cccc(Cl)c4Cl)CC3)cc21. The molecule has 1 fully saturated rings. The maximum Gasteiger partial charge on any atom is 0.411 e. The first-order valence-corrected chi connectivity index (χ1v) is 19.7. The number of anilines is 1. The summed E-state index contributed by atoms with van der Waals surface area (Å²) >= 11 is 12.6. The molecule has 0 radical (unpaired) electrons. The summed E-state index contributed by atoms with van der Waals surface area (Å²) < 4.78 is 13.2. The van der Waals surface area contributed by atoms with Crippen LogP contribution in [0.15, 0.2) is 53.3 Å². The number of aromatic nitrogens is 1. The van der Waals surface area contributed by atoms with Gasteiger partial charge in [-0.05, 0) is 61.5 Å². The van der Waals surface area contributed by atoms with Crippen LogP contribution in [0.2, 0.25) is 10.0 Å². The van der Waals surface area contributed by atoms with Crippen LogP contribution in [0.3, 0.4) is 0 Å². The molecule has 1 aliphatic rings. The van der Waals surface area contributed by atoms with Gasteiger partial charge in [0.15, 0.2) is 6.73 Å². The van der Waals surface area contributed by atoms with Crippen LogP contribution in [-0.2, 0) is 11.5 Å². The van der Waals surface area contributed by atoms with Crippen LogP contribution in [0, 0.1) is 0 Å². The molecule has 0 saturated carbocycles. The standard InChI is InChI=1S/C40H58Cl2N4O4/c1-3-4-5-6-7-8-9-10-11-12-13-14-24-43(2)40(48)50-32-46-37-31-34(22-20-33(37)21-23-38(46)47)49-30-16-15-25-44-26-28-45(29-27-44)36-19-17-18-35(41)39(36)42/h17-23,31H,3-16,24-30,32H2,1-2H3. The number of nitrogens with zero attached hydrogens (tertiary/aromatic N) is 4. The number of hydrogen-bond donors (Lipinski definition) is 0. The number of unbranched alkanes of at least 4 members (excludes halogenated alkanes) is 12. The van der Waals surface area contributed by atoms with Gasteiger partial charge in [0.1, 0.15) is 5.75 Å². The minimum absolute atomic E-state index is 0.141. The molecule has 2 aromatic carbocycles. The minimum Gasteiger partial charge on any atom is -0.494 e. The Morgan fingerprint density at radius 3 is 2.16 bits per heavy atom. The van der Waals surface area contributed by atoms with Gasteiger partial charge in [-0.3, -0.25) is 14.3 Å². The number of pyridine rings is 1. The largest absolute Gasteiger partial charge is 0.494 e. The first-order chi connectivity index (χ1) is 24.4. The number of rotatable bonds is 22. The summed E-state index contributed by atoms with van der Waals surface area (Å²) in [5.41, 5.74) is 1.47. The van der Waals surface area contributed by atoms with Gasteiger partial charge in [-0.2, -0.15) is 0 Å². The molecule has 0 aliphatic carbocycles. The Balaban J connectivity index is 1.12. The monoisotopic (exact) mass is 728 g/mol. The van der Waals surface area contributed by atoms with E-state index in [-0.39, 0.29) is 12.3 Å². The zero-order valence-corrected chi connectivity index (χ0v) is 31.9. The van der Waals surface area contributed by atoms with E-state index in [0.717, 1.165) is 69.5 Å². The van der Waals surface area contributed by atoms with Crippen molar-refractivity contribution in [2.24, 2.45) is 0 Å². The van der Waals surface area contributed by atoms with Crippen LogP contribution >= 0.6 is 23.2 Å². The number of amides is 1.